The molecule has 21 heavy (non-hydrogen) atoms. The Morgan fingerprint density at radius 1 is 1.00 bits per heavy atom. The number of unbranched alkanes of at least 4 members (excludes halogenated alkanes) is 8. The van der Waals surface area contributed by atoms with E-state index in [1.807, 2.05) is 6.08 Å². The number of hydrogen-bond acceptors (Lipinski definition) is 2. The molecular formula is C19H34O2. The summed E-state index contributed by atoms with van der Waals surface area (Å²) in [5.74, 6) is -0.199. The van der Waals surface area contributed by atoms with E-state index in [-0.39, 0.29) is 12.1 Å². The minimum atomic E-state index is -0.199. The van der Waals surface area contributed by atoms with Crippen molar-refractivity contribution in [3.63, 3.8) is 0 Å². The third-order valence-electron chi connectivity index (χ3n) is 3.51. The Kier molecular flexibility index (Phi) is 14.6. The average molecular weight is 294 g/mol. The molecule has 0 saturated carbocycles. The zero-order valence-electron chi connectivity index (χ0n) is 14.3. The molecule has 0 heterocycles. The summed E-state index contributed by atoms with van der Waals surface area (Å²) in [7, 11) is 0. The largest absolute Gasteiger partial charge is 0.458 e. The number of esters is 1. The van der Waals surface area contributed by atoms with Gasteiger partial charge in [-0.3, -0.25) is 4.79 Å². The van der Waals surface area contributed by atoms with Crippen LogP contribution < -0.4 is 0 Å². The Balaban J connectivity index is 3.97. The Hall–Kier alpha value is -1.01. The maximum absolute atomic E-state index is 11.1. The highest BCUT2D eigenvalue weighted by Gasteiger charge is 2.07. The Labute approximate surface area is 131 Å². The molecule has 0 aromatic carbocycles. The van der Waals surface area contributed by atoms with E-state index in [2.05, 4.69) is 25.7 Å². The summed E-state index contributed by atoms with van der Waals surface area (Å²) < 4.78 is 5.33. The molecule has 0 aliphatic carbocycles. The molecule has 0 aliphatic heterocycles. The SMILES string of the molecule is CCCCCCC=C=CC(CCCCCCC)OC(C)=O. The lowest BCUT2D eigenvalue weighted by atomic mass is 10.1. The normalized spacial score (nSPS) is 11.6. The lowest BCUT2D eigenvalue weighted by Crippen LogP contribution is -2.13. The van der Waals surface area contributed by atoms with Crippen molar-refractivity contribution >= 4 is 5.97 Å². The predicted molar refractivity (Wildman–Crippen MR) is 90.3 cm³/mol. The summed E-state index contributed by atoms with van der Waals surface area (Å²) in [5.41, 5.74) is 3.19. The molecule has 0 fully saturated rings. The van der Waals surface area contributed by atoms with Crippen molar-refractivity contribution in [3.05, 3.63) is 17.9 Å². The first kappa shape index (κ1) is 20.0. The van der Waals surface area contributed by atoms with E-state index < -0.39 is 0 Å². The van der Waals surface area contributed by atoms with Gasteiger partial charge in [-0.1, -0.05) is 58.8 Å². The fourth-order valence-electron chi connectivity index (χ4n) is 2.27. The fraction of sp³-hybridized carbons (Fsp3) is 0.789. The molecule has 0 aliphatic rings. The number of carbonyl (C=O) groups excluding carboxylic acids is 1. The average Bonchev–Trinajstić information content (AvgIpc) is 2.45. The Morgan fingerprint density at radius 3 is 2.24 bits per heavy atom. The zero-order chi connectivity index (χ0) is 15.8. The topological polar surface area (TPSA) is 26.3 Å². The van der Waals surface area contributed by atoms with Crippen LogP contribution >= 0.6 is 0 Å². The van der Waals surface area contributed by atoms with Gasteiger partial charge in [-0.2, -0.15) is 0 Å². The lowest BCUT2D eigenvalue weighted by molar-refractivity contribution is -0.144. The van der Waals surface area contributed by atoms with E-state index in [4.69, 9.17) is 4.74 Å². The molecule has 0 spiro atoms. The maximum atomic E-state index is 11.1. The van der Waals surface area contributed by atoms with Crippen LogP contribution in [0.1, 0.15) is 91.4 Å². The van der Waals surface area contributed by atoms with Gasteiger partial charge in [0, 0.05) is 6.92 Å². The van der Waals surface area contributed by atoms with Gasteiger partial charge in [-0.25, -0.2) is 0 Å². The van der Waals surface area contributed by atoms with Crippen LogP contribution in [-0.4, -0.2) is 12.1 Å². The van der Waals surface area contributed by atoms with Gasteiger partial charge in [-0.05, 0) is 37.8 Å². The van der Waals surface area contributed by atoms with Crippen LogP contribution in [0.4, 0.5) is 0 Å². The summed E-state index contributed by atoms with van der Waals surface area (Å²) in [4.78, 5) is 11.1. The highest BCUT2D eigenvalue weighted by Crippen LogP contribution is 2.11. The summed E-state index contributed by atoms with van der Waals surface area (Å²) >= 11 is 0. The molecule has 0 N–H and O–H groups in total. The van der Waals surface area contributed by atoms with Crippen LogP contribution in [0.3, 0.4) is 0 Å². The summed E-state index contributed by atoms with van der Waals surface area (Å²) in [6.07, 6.45) is 17.1. The van der Waals surface area contributed by atoms with Gasteiger partial charge in [0.2, 0.25) is 0 Å². The highest BCUT2D eigenvalue weighted by atomic mass is 16.5. The monoisotopic (exact) mass is 294 g/mol. The third kappa shape index (κ3) is 15.2. The molecule has 2 heteroatoms. The molecule has 2 nitrogen and oxygen atoms in total. The van der Waals surface area contributed by atoms with Crippen LogP contribution in [0, 0.1) is 0 Å². The van der Waals surface area contributed by atoms with Gasteiger partial charge >= 0.3 is 5.97 Å². The van der Waals surface area contributed by atoms with Gasteiger partial charge < -0.3 is 4.74 Å². The first-order valence-corrected chi connectivity index (χ1v) is 8.79. The maximum Gasteiger partial charge on any atom is 0.303 e. The van der Waals surface area contributed by atoms with E-state index >= 15 is 0 Å². The van der Waals surface area contributed by atoms with Crippen LogP contribution in [0.2, 0.25) is 0 Å². The van der Waals surface area contributed by atoms with Crippen molar-refractivity contribution in [2.45, 2.75) is 97.5 Å². The van der Waals surface area contributed by atoms with Crippen LogP contribution in [-0.2, 0) is 9.53 Å². The van der Waals surface area contributed by atoms with Crippen molar-refractivity contribution in [3.8, 4) is 0 Å². The van der Waals surface area contributed by atoms with Crippen molar-refractivity contribution in [2.75, 3.05) is 0 Å². The molecule has 1 unspecified atom stereocenters. The number of ether oxygens (including phenoxy) is 1. The summed E-state index contributed by atoms with van der Waals surface area (Å²) in [6, 6.07) is 0. The van der Waals surface area contributed by atoms with Crippen molar-refractivity contribution in [1.29, 1.82) is 0 Å². The number of carbonyl (C=O) groups is 1. The predicted octanol–water partition coefficient (Wildman–Crippen LogP) is 5.96. The van der Waals surface area contributed by atoms with Crippen LogP contribution in [0.15, 0.2) is 17.9 Å². The Morgan fingerprint density at radius 2 is 1.62 bits per heavy atom. The van der Waals surface area contributed by atoms with Gasteiger partial charge in [-0.15, -0.1) is 5.73 Å². The smallest absolute Gasteiger partial charge is 0.303 e. The van der Waals surface area contributed by atoms with Gasteiger partial charge in [0.15, 0.2) is 0 Å². The molecule has 0 saturated heterocycles. The third-order valence-corrected chi connectivity index (χ3v) is 3.51. The quantitative estimate of drug-likeness (QED) is 0.238. The van der Waals surface area contributed by atoms with Gasteiger partial charge in [0.1, 0.15) is 6.10 Å². The molecule has 0 aromatic rings. The van der Waals surface area contributed by atoms with Crippen LogP contribution in [0.25, 0.3) is 0 Å². The minimum absolute atomic E-state index is 0.101. The molecule has 122 valence electrons. The summed E-state index contributed by atoms with van der Waals surface area (Å²) in [6.45, 7) is 5.92. The van der Waals surface area contributed by atoms with E-state index in [1.54, 1.807) is 0 Å². The molecule has 0 aromatic heterocycles. The number of hydrogen-bond donors (Lipinski definition) is 0. The standard InChI is InChI=1S/C19H34O2/c1-4-6-8-10-11-13-15-17-19(21-18(3)20)16-14-12-9-7-5-2/h13,17,19H,4-12,14,16H2,1-3H3. The number of rotatable bonds is 13. The van der Waals surface area contributed by atoms with Crippen LogP contribution in [0.5, 0.6) is 0 Å². The van der Waals surface area contributed by atoms with E-state index in [0.717, 1.165) is 19.3 Å². The van der Waals surface area contributed by atoms with Crippen molar-refractivity contribution < 1.29 is 9.53 Å². The summed E-state index contributed by atoms with van der Waals surface area (Å²) in [5, 5.41) is 0. The molecule has 1 atom stereocenters. The second-order valence-corrected chi connectivity index (χ2v) is 5.74. The Bertz CT molecular complexity index is 301. The van der Waals surface area contributed by atoms with Crippen molar-refractivity contribution in [1.82, 2.24) is 0 Å². The second-order valence-electron chi connectivity index (χ2n) is 5.74. The van der Waals surface area contributed by atoms with E-state index in [9.17, 15) is 4.79 Å². The van der Waals surface area contributed by atoms with Gasteiger partial charge in [0.05, 0.1) is 0 Å². The van der Waals surface area contributed by atoms with E-state index in [0.29, 0.717) is 0 Å². The first-order valence-electron chi connectivity index (χ1n) is 8.79. The highest BCUT2D eigenvalue weighted by molar-refractivity contribution is 5.66. The molecule has 0 rings (SSSR count). The van der Waals surface area contributed by atoms with Gasteiger partial charge in [0.25, 0.3) is 0 Å². The fourth-order valence-corrected chi connectivity index (χ4v) is 2.27. The lowest BCUT2D eigenvalue weighted by Gasteiger charge is -2.11. The molecular weight excluding hydrogens is 260 g/mol. The van der Waals surface area contributed by atoms with Crippen molar-refractivity contribution in [2.24, 2.45) is 0 Å². The van der Waals surface area contributed by atoms with E-state index in [1.165, 1.54) is 58.3 Å². The zero-order valence-corrected chi connectivity index (χ0v) is 14.3. The first-order chi connectivity index (χ1) is 10.2. The minimum Gasteiger partial charge on any atom is -0.458 e. The molecule has 0 amide bonds. The molecule has 0 radical (unpaired) electrons. The second kappa shape index (κ2) is 15.4. The molecule has 0 bridgehead atoms.